The Morgan fingerprint density at radius 1 is 1.25 bits per heavy atom. The molecule has 1 amide bonds. The van der Waals surface area contributed by atoms with Gasteiger partial charge in [-0.15, -0.1) is 11.3 Å². The van der Waals surface area contributed by atoms with Crippen molar-refractivity contribution in [3.05, 3.63) is 16.0 Å². The van der Waals surface area contributed by atoms with Crippen LogP contribution in [0.25, 0.3) is 0 Å². The van der Waals surface area contributed by atoms with E-state index in [1.807, 2.05) is 0 Å². The minimum absolute atomic E-state index is 0.0583. The summed E-state index contributed by atoms with van der Waals surface area (Å²) in [5, 5.41) is 6.82. The number of rotatable bonds is 6. The van der Waals surface area contributed by atoms with Crippen molar-refractivity contribution in [2.24, 2.45) is 11.8 Å². The molecule has 28 heavy (non-hydrogen) atoms. The first-order valence-electron chi connectivity index (χ1n) is 10.4. The highest BCUT2D eigenvalue weighted by Crippen LogP contribution is 2.40. The molecule has 2 aliphatic rings. The lowest BCUT2D eigenvalue weighted by atomic mass is 9.88. The van der Waals surface area contributed by atoms with Crippen LogP contribution in [0.4, 0.5) is 5.00 Å². The van der Waals surface area contributed by atoms with E-state index in [1.165, 1.54) is 30.6 Å². The summed E-state index contributed by atoms with van der Waals surface area (Å²) in [5.74, 6) is 0.912. The number of carbonyl (C=O) groups excluding carboxylic acids is 2. The average Bonchev–Trinajstić information content (AvgIpc) is 3.26. The van der Waals surface area contributed by atoms with Gasteiger partial charge in [-0.25, -0.2) is 4.79 Å². The van der Waals surface area contributed by atoms with Crippen LogP contribution in [0.3, 0.4) is 0 Å². The van der Waals surface area contributed by atoms with Gasteiger partial charge < -0.3 is 15.4 Å². The van der Waals surface area contributed by atoms with Crippen molar-refractivity contribution in [1.29, 1.82) is 0 Å². The van der Waals surface area contributed by atoms with E-state index >= 15 is 0 Å². The first-order chi connectivity index (χ1) is 13.5. The van der Waals surface area contributed by atoms with Gasteiger partial charge in [0.2, 0.25) is 5.91 Å². The van der Waals surface area contributed by atoms with Gasteiger partial charge in [-0.05, 0) is 62.2 Å². The minimum atomic E-state index is -0.313. The highest BCUT2D eigenvalue weighted by molar-refractivity contribution is 7.80. The number of esters is 1. The predicted molar refractivity (Wildman–Crippen MR) is 117 cm³/mol. The van der Waals surface area contributed by atoms with Crippen molar-refractivity contribution in [2.45, 2.75) is 71.6 Å². The summed E-state index contributed by atoms with van der Waals surface area (Å²) < 4.78 is 5.28. The molecular weight excluding hydrogens is 392 g/mol. The van der Waals surface area contributed by atoms with Gasteiger partial charge in [-0.2, -0.15) is 0 Å². The molecule has 1 heterocycles. The Balaban J connectivity index is 1.64. The smallest absolute Gasteiger partial charge is 0.341 e. The molecule has 1 atom stereocenters. The fourth-order valence-electron chi connectivity index (χ4n) is 4.22. The Hall–Kier alpha value is -1.47. The highest BCUT2D eigenvalue weighted by atomic mass is 32.1. The Labute approximate surface area is 176 Å². The number of hydrogen-bond acceptors (Lipinski definition) is 5. The zero-order chi connectivity index (χ0) is 20.1. The third kappa shape index (κ3) is 5.32. The normalized spacial score (nSPS) is 19.1. The van der Waals surface area contributed by atoms with Crippen molar-refractivity contribution < 1.29 is 14.3 Å². The molecule has 5 nitrogen and oxygen atoms in total. The molecule has 1 unspecified atom stereocenters. The van der Waals surface area contributed by atoms with E-state index in [4.69, 9.17) is 17.0 Å². The number of thiocarbonyl (C=S) groups is 1. The van der Waals surface area contributed by atoms with Crippen LogP contribution in [0.2, 0.25) is 0 Å². The van der Waals surface area contributed by atoms with Crippen molar-refractivity contribution in [3.8, 4) is 0 Å². The summed E-state index contributed by atoms with van der Waals surface area (Å²) in [7, 11) is 0. The van der Waals surface area contributed by atoms with Crippen LogP contribution in [-0.4, -0.2) is 23.6 Å². The molecule has 1 saturated carbocycles. The molecule has 0 bridgehead atoms. The Morgan fingerprint density at radius 3 is 2.71 bits per heavy atom. The van der Waals surface area contributed by atoms with Crippen molar-refractivity contribution in [2.75, 3.05) is 11.9 Å². The second kappa shape index (κ2) is 9.83. The maximum Gasteiger partial charge on any atom is 0.341 e. The molecule has 0 spiro atoms. The molecule has 0 aliphatic heterocycles. The minimum Gasteiger partial charge on any atom is -0.462 e. The van der Waals surface area contributed by atoms with Crippen LogP contribution in [0.5, 0.6) is 0 Å². The molecule has 2 N–H and O–H groups in total. The van der Waals surface area contributed by atoms with Crippen molar-refractivity contribution in [1.82, 2.24) is 5.32 Å². The molecule has 3 rings (SSSR count). The topological polar surface area (TPSA) is 67.4 Å². The van der Waals surface area contributed by atoms with Crippen LogP contribution in [0.15, 0.2) is 0 Å². The van der Waals surface area contributed by atoms with Gasteiger partial charge in [0.15, 0.2) is 5.11 Å². The molecule has 0 aromatic carbocycles. The Morgan fingerprint density at radius 2 is 2.00 bits per heavy atom. The maximum absolute atomic E-state index is 12.5. The van der Waals surface area contributed by atoms with Gasteiger partial charge >= 0.3 is 5.97 Å². The number of carbonyl (C=O) groups is 2. The summed E-state index contributed by atoms with van der Waals surface area (Å²) in [4.78, 5) is 26.0. The van der Waals surface area contributed by atoms with Crippen molar-refractivity contribution in [3.63, 3.8) is 0 Å². The fraction of sp³-hybridized carbons (Fsp3) is 0.667. The van der Waals surface area contributed by atoms with E-state index in [0.29, 0.717) is 35.4 Å². The number of ether oxygens (including phenoxy) is 1. The number of anilines is 1. The maximum atomic E-state index is 12.5. The van der Waals surface area contributed by atoms with E-state index in [1.54, 1.807) is 18.3 Å². The molecule has 1 fully saturated rings. The number of nitrogens with one attached hydrogen (secondary N) is 2. The third-order valence-electron chi connectivity index (χ3n) is 5.73. The number of hydrogen-bond donors (Lipinski definition) is 2. The molecule has 2 aliphatic carbocycles. The Kier molecular flexibility index (Phi) is 7.46. The third-order valence-corrected chi connectivity index (χ3v) is 7.10. The van der Waals surface area contributed by atoms with Gasteiger partial charge in [0.1, 0.15) is 5.00 Å². The van der Waals surface area contributed by atoms with Gasteiger partial charge in [-0.3, -0.25) is 4.79 Å². The second-order valence-electron chi connectivity index (χ2n) is 7.97. The number of thiophene rings is 1. The van der Waals surface area contributed by atoms with Crippen LogP contribution in [0, 0.1) is 11.8 Å². The average molecular weight is 423 g/mol. The number of amides is 1. The van der Waals surface area contributed by atoms with Gasteiger partial charge in [0.05, 0.1) is 12.2 Å². The van der Waals surface area contributed by atoms with E-state index in [9.17, 15) is 9.59 Å². The van der Waals surface area contributed by atoms with E-state index in [-0.39, 0.29) is 17.0 Å². The van der Waals surface area contributed by atoms with Crippen LogP contribution < -0.4 is 10.6 Å². The van der Waals surface area contributed by atoms with Gasteiger partial charge in [0, 0.05) is 11.3 Å². The summed E-state index contributed by atoms with van der Waals surface area (Å²) in [6.07, 6.45) is 9.37. The summed E-state index contributed by atoms with van der Waals surface area (Å²) in [6.45, 7) is 4.37. The Bertz CT molecular complexity index is 738. The van der Waals surface area contributed by atoms with E-state index < -0.39 is 0 Å². The highest BCUT2D eigenvalue weighted by Gasteiger charge is 2.29. The lowest BCUT2D eigenvalue weighted by Gasteiger charge is -2.18. The molecule has 1 aromatic heterocycles. The first-order valence-corrected chi connectivity index (χ1v) is 11.6. The van der Waals surface area contributed by atoms with Crippen LogP contribution in [-0.2, 0) is 22.4 Å². The number of fused-ring (bicyclic) bond motifs is 1. The molecule has 154 valence electrons. The summed E-state index contributed by atoms with van der Waals surface area (Å²) >= 11 is 6.91. The van der Waals surface area contributed by atoms with Crippen LogP contribution >= 0.6 is 23.6 Å². The monoisotopic (exact) mass is 422 g/mol. The SMILES string of the molecule is CCOC(=O)c1c(NC(=S)NC(=O)CCC2CCCC2)sc2c1CCC(C)C2. The molecular formula is C21H30N2O3S2. The lowest BCUT2D eigenvalue weighted by molar-refractivity contribution is -0.119. The quantitative estimate of drug-likeness (QED) is 0.507. The zero-order valence-corrected chi connectivity index (χ0v) is 18.4. The van der Waals surface area contributed by atoms with E-state index in [2.05, 4.69) is 17.6 Å². The zero-order valence-electron chi connectivity index (χ0n) is 16.8. The summed E-state index contributed by atoms with van der Waals surface area (Å²) in [6, 6.07) is 0. The molecule has 1 aromatic rings. The first kappa shape index (κ1) is 21.2. The predicted octanol–water partition coefficient (Wildman–Crippen LogP) is 4.83. The van der Waals surface area contributed by atoms with E-state index in [0.717, 1.165) is 31.2 Å². The van der Waals surface area contributed by atoms with Crippen LogP contribution in [0.1, 0.15) is 79.6 Å². The summed E-state index contributed by atoms with van der Waals surface area (Å²) in [5.41, 5.74) is 1.68. The second-order valence-corrected chi connectivity index (χ2v) is 9.48. The molecule has 7 heteroatoms. The largest absolute Gasteiger partial charge is 0.462 e. The van der Waals surface area contributed by atoms with Crippen molar-refractivity contribution >= 4 is 45.5 Å². The molecule has 0 radical (unpaired) electrons. The van der Waals surface area contributed by atoms with Gasteiger partial charge in [0.25, 0.3) is 0 Å². The van der Waals surface area contributed by atoms with Gasteiger partial charge in [-0.1, -0.05) is 32.6 Å². The molecule has 0 saturated heterocycles. The fourth-order valence-corrected chi connectivity index (χ4v) is 5.90. The standard InChI is InChI=1S/C21H30N2O3S2/c1-3-26-20(25)18-15-10-8-13(2)12-16(15)28-19(18)23-21(27)22-17(24)11-9-14-6-4-5-7-14/h13-14H,3-12H2,1-2H3,(H2,22,23,24,27). The lowest BCUT2D eigenvalue weighted by Crippen LogP contribution is -2.34.